The van der Waals surface area contributed by atoms with Crippen LogP contribution in [0, 0.1) is 0 Å². The van der Waals surface area contributed by atoms with E-state index < -0.39 is 5.60 Å². The van der Waals surface area contributed by atoms with E-state index in [1.54, 1.807) is 13.8 Å². The number of unbranched alkanes of at least 4 members (excludes halogenated alkanes) is 12. The third-order valence-electron chi connectivity index (χ3n) is 7.65. The van der Waals surface area contributed by atoms with E-state index in [0.29, 0.717) is 6.42 Å². The van der Waals surface area contributed by atoms with E-state index >= 15 is 0 Å². The lowest BCUT2D eigenvalue weighted by Gasteiger charge is -2.29. The number of allylic oxidation sites excluding steroid dienone is 2. The van der Waals surface area contributed by atoms with E-state index in [-0.39, 0.29) is 18.5 Å². The van der Waals surface area contributed by atoms with Crippen molar-refractivity contribution in [3.8, 4) is 0 Å². The van der Waals surface area contributed by atoms with Crippen LogP contribution >= 0.6 is 0 Å². The summed E-state index contributed by atoms with van der Waals surface area (Å²) in [6.07, 6.45) is 22.3. The Labute approximate surface area is 232 Å². The maximum absolute atomic E-state index is 12.5. The Balaban J connectivity index is 1.70. The molecule has 0 aliphatic heterocycles. The number of H-pyrrole nitrogens is 1. The third kappa shape index (κ3) is 12.2. The summed E-state index contributed by atoms with van der Waals surface area (Å²) >= 11 is 0. The van der Waals surface area contributed by atoms with Gasteiger partial charge in [0, 0.05) is 29.4 Å². The zero-order valence-corrected chi connectivity index (χ0v) is 25.0. The fraction of sp³-hybridized carbons (Fsp3) is 0.676. The second kappa shape index (κ2) is 17.5. The molecule has 0 saturated heterocycles. The van der Waals surface area contributed by atoms with E-state index in [0.717, 1.165) is 35.7 Å². The number of ether oxygens (including phenoxy) is 1. The maximum atomic E-state index is 12.5. The molecule has 0 amide bonds. The summed E-state index contributed by atoms with van der Waals surface area (Å²) in [6, 6.07) is 6.42. The van der Waals surface area contributed by atoms with Crippen molar-refractivity contribution in [2.45, 2.75) is 142 Å². The Hall–Kier alpha value is -2.07. The predicted molar refractivity (Wildman–Crippen MR) is 162 cm³/mol. The van der Waals surface area contributed by atoms with Gasteiger partial charge in [-0.3, -0.25) is 4.79 Å². The Bertz CT molecular complexity index is 962. The molecular weight excluding hydrogens is 470 g/mol. The molecule has 4 heteroatoms. The minimum Gasteiger partial charge on any atom is -0.465 e. The van der Waals surface area contributed by atoms with Crippen LogP contribution in [-0.2, 0) is 16.0 Å². The smallest absolute Gasteiger partial charge is 0.305 e. The molecule has 1 atom stereocenters. The molecule has 0 radical (unpaired) electrons. The molecule has 0 unspecified atom stereocenters. The van der Waals surface area contributed by atoms with Crippen LogP contribution < -0.4 is 0 Å². The highest BCUT2D eigenvalue weighted by atomic mass is 16.5. The van der Waals surface area contributed by atoms with Gasteiger partial charge in [-0.05, 0) is 57.7 Å². The average Bonchev–Trinajstić information content (AvgIpc) is 3.27. The minimum atomic E-state index is -1.01. The molecule has 0 aliphatic carbocycles. The molecule has 38 heavy (non-hydrogen) atoms. The first-order valence-electron chi connectivity index (χ1n) is 15.3. The van der Waals surface area contributed by atoms with Crippen LogP contribution in [0.25, 0.3) is 10.9 Å². The zero-order chi connectivity index (χ0) is 27.8. The first-order valence-corrected chi connectivity index (χ1v) is 15.3. The highest BCUT2D eigenvalue weighted by Gasteiger charge is 2.31. The zero-order valence-electron chi connectivity index (χ0n) is 25.0. The second-order valence-electron chi connectivity index (χ2n) is 12.0. The van der Waals surface area contributed by atoms with Crippen molar-refractivity contribution < 1.29 is 14.6 Å². The van der Waals surface area contributed by atoms with Crippen molar-refractivity contribution in [3.05, 3.63) is 47.2 Å². The Kier molecular flexibility index (Phi) is 14.8. The molecule has 1 heterocycles. The van der Waals surface area contributed by atoms with Crippen molar-refractivity contribution in [1.82, 2.24) is 4.98 Å². The molecule has 1 aromatic carbocycles. The van der Waals surface area contributed by atoms with Crippen LogP contribution in [0.2, 0.25) is 0 Å². The SMILES string of the molecule is CCCCCCCCCCCCCCCC(=O)OC[C@@H](c1c[nH]c2cc(CC=C(C)C)ccc12)C(C)(C)O. The van der Waals surface area contributed by atoms with Crippen molar-refractivity contribution in [2.75, 3.05) is 6.61 Å². The fourth-order valence-corrected chi connectivity index (χ4v) is 5.14. The van der Waals surface area contributed by atoms with Crippen LogP contribution in [0.3, 0.4) is 0 Å². The number of carbonyl (C=O) groups excluding carboxylic acids is 1. The summed E-state index contributed by atoms with van der Waals surface area (Å²) in [5, 5.41) is 12.0. The molecule has 0 bridgehead atoms. The van der Waals surface area contributed by atoms with E-state index in [4.69, 9.17) is 4.74 Å². The summed E-state index contributed by atoms with van der Waals surface area (Å²) in [6.45, 7) is 10.3. The molecule has 0 saturated carbocycles. The molecule has 2 aromatic rings. The number of carbonyl (C=O) groups is 1. The number of fused-ring (bicyclic) bond motifs is 1. The van der Waals surface area contributed by atoms with Gasteiger partial charge in [0.2, 0.25) is 0 Å². The highest BCUT2D eigenvalue weighted by Crippen LogP contribution is 2.34. The number of esters is 1. The first-order chi connectivity index (χ1) is 18.2. The quantitative estimate of drug-likeness (QED) is 0.103. The van der Waals surface area contributed by atoms with Crippen LogP contribution in [0.4, 0.5) is 0 Å². The molecular formula is C34H55NO3. The van der Waals surface area contributed by atoms with Crippen molar-refractivity contribution in [3.63, 3.8) is 0 Å². The fourth-order valence-electron chi connectivity index (χ4n) is 5.14. The van der Waals surface area contributed by atoms with Gasteiger partial charge in [-0.25, -0.2) is 0 Å². The van der Waals surface area contributed by atoms with Crippen molar-refractivity contribution >= 4 is 16.9 Å². The minimum absolute atomic E-state index is 0.161. The van der Waals surface area contributed by atoms with Gasteiger partial charge in [-0.1, -0.05) is 108 Å². The molecule has 1 aromatic heterocycles. The topological polar surface area (TPSA) is 62.3 Å². The number of hydrogen-bond acceptors (Lipinski definition) is 3. The number of rotatable bonds is 20. The molecule has 214 valence electrons. The maximum Gasteiger partial charge on any atom is 0.305 e. The van der Waals surface area contributed by atoms with Crippen LogP contribution in [0.15, 0.2) is 36.0 Å². The highest BCUT2D eigenvalue weighted by molar-refractivity contribution is 5.84. The summed E-state index contributed by atoms with van der Waals surface area (Å²) in [5.41, 5.74) is 3.59. The van der Waals surface area contributed by atoms with E-state index in [1.807, 2.05) is 6.20 Å². The van der Waals surface area contributed by atoms with Crippen molar-refractivity contribution in [2.24, 2.45) is 0 Å². The molecule has 0 spiro atoms. The Morgan fingerprint density at radius 3 is 2.08 bits per heavy atom. The van der Waals surface area contributed by atoms with Crippen LogP contribution in [0.1, 0.15) is 142 Å². The Morgan fingerprint density at radius 1 is 0.947 bits per heavy atom. The van der Waals surface area contributed by atoms with Gasteiger partial charge in [0.15, 0.2) is 0 Å². The van der Waals surface area contributed by atoms with Gasteiger partial charge in [0.05, 0.1) is 5.60 Å². The third-order valence-corrected chi connectivity index (χ3v) is 7.65. The molecule has 0 aliphatic rings. The molecule has 0 fully saturated rings. The molecule has 2 rings (SSSR count). The van der Waals surface area contributed by atoms with Crippen LogP contribution in [0.5, 0.6) is 0 Å². The largest absolute Gasteiger partial charge is 0.465 e. The van der Waals surface area contributed by atoms with Gasteiger partial charge >= 0.3 is 5.97 Å². The van der Waals surface area contributed by atoms with E-state index in [1.165, 1.54) is 81.8 Å². The summed E-state index contributed by atoms with van der Waals surface area (Å²) in [5.74, 6) is -0.457. The van der Waals surface area contributed by atoms with Gasteiger partial charge < -0.3 is 14.8 Å². The summed E-state index contributed by atoms with van der Waals surface area (Å²) in [7, 11) is 0. The van der Waals surface area contributed by atoms with Crippen LogP contribution in [-0.4, -0.2) is 28.3 Å². The molecule has 2 N–H and O–H groups in total. The lowest BCUT2D eigenvalue weighted by Crippen LogP contribution is -2.33. The second-order valence-corrected chi connectivity index (χ2v) is 12.0. The lowest BCUT2D eigenvalue weighted by molar-refractivity contribution is -0.145. The number of aliphatic hydroxyl groups is 1. The summed E-state index contributed by atoms with van der Waals surface area (Å²) in [4.78, 5) is 15.8. The molecule has 4 nitrogen and oxygen atoms in total. The average molecular weight is 526 g/mol. The number of nitrogens with one attached hydrogen (secondary N) is 1. The normalized spacial score (nSPS) is 12.6. The lowest BCUT2D eigenvalue weighted by atomic mass is 9.85. The standard InChI is InChI=1S/C34H55NO3/c1-6-7-8-9-10-11-12-13-14-15-16-17-18-19-33(36)38-26-31(34(4,5)37)30-25-35-32-24-28(21-20-27(2)3)22-23-29(30)32/h20,22-25,31,35,37H,6-19,21,26H2,1-5H3/t31-/m0/s1. The van der Waals surface area contributed by atoms with Gasteiger partial charge in [0.1, 0.15) is 6.61 Å². The first kappa shape index (κ1) is 32.1. The van der Waals surface area contributed by atoms with E-state index in [2.05, 4.69) is 50.0 Å². The van der Waals surface area contributed by atoms with Gasteiger partial charge in [-0.2, -0.15) is 0 Å². The van der Waals surface area contributed by atoms with Gasteiger partial charge in [0.25, 0.3) is 0 Å². The monoisotopic (exact) mass is 525 g/mol. The van der Waals surface area contributed by atoms with E-state index in [9.17, 15) is 9.90 Å². The Morgan fingerprint density at radius 2 is 1.53 bits per heavy atom. The number of aromatic nitrogens is 1. The van der Waals surface area contributed by atoms with Gasteiger partial charge in [-0.15, -0.1) is 0 Å². The number of aromatic amines is 1. The number of benzene rings is 1. The van der Waals surface area contributed by atoms with Crippen molar-refractivity contribution in [1.29, 1.82) is 0 Å². The summed E-state index contributed by atoms with van der Waals surface area (Å²) < 4.78 is 5.68. The predicted octanol–water partition coefficient (Wildman–Crippen LogP) is 9.56. The number of hydrogen-bond donors (Lipinski definition) is 2.